The van der Waals surface area contributed by atoms with E-state index < -0.39 is 17.6 Å². The summed E-state index contributed by atoms with van der Waals surface area (Å²) in [5.74, 6) is 0.109. The van der Waals surface area contributed by atoms with Crippen LogP contribution in [0.3, 0.4) is 0 Å². The Labute approximate surface area is 170 Å². The molecule has 1 N–H and O–H groups in total. The van der Waals surface area contributed by atoms with Crippen LogP contribution in [0.4, 0.5) is 18.9 Å². The maximum absolute atomic E-state index is 13.1. The summed E-state index contributed by atoms with van der Waals surface area (Å²) < 4.78 is 44.7. The van der Waals surface area contributed by atoms with Crippen LogP contribution in [0.2, 0.25) is 5.02 Å². The molecule has 0 saturated carbocycles. The molecule has 1 saturated heterocycles. The van der Waals surface area contributed by atoms with Crippen LogP contribution in [0.5, 0.6) is 0 Å². The Kier molecular flexibility index (Phi) is 6.18. The van der Waals surface area contributed by atoms with Gasteiger partial charge in [0.2, 0.25) is 5.91 Å². The van der Waals surface area contributed by atoms with E-state index in [4.69, 9.17) is 16.0 Å². The molecular weight excluding hydrogens is 411 g/mol. The Hall–Kier alpha value is -2.52. The lowest BCUT2D eigenvalue weighted by Gasteiger charge is -2.33. The molecule has 1 aliphatic heterocycles. The van der Waals surface area contributed by atoms with Crippen LogP contribution in [0, 0.1) is 6.92 Å². The number of anilines is 1. The lowest BCUT2D eigenvalue weighted by Crippen LogP contribution is -2.50. The number of hydrogen-bond donors (Lipinski definition) is 1. The molecule has 6 nitrogen and oxygen atoms in total. The van der Waals surface area contributed by atoms with Crippen molar-refractivity contribution >= 4 is 29.1 Å². The third-order valence-corrected chi connectivity index (χ3v) is 4.77. The van der Waals surface area contributed by atoms with Crippen LogP contribution in [-0.2, 0) is 11.0 Å². The summed E-state index contributed by atoms with van der Waals surface area (Å²) in [5.41, 5.74) is -1.34. The molecule has 0 unspecified atom stereocenters. The zero-order valence-electron chi connectivity index (χ0n) is 15.6. The first kappa shape index (κ1) is 21.2. The fourth-order valence-corrected chi connectivity index (χ4v) is 3.24. The quantitative estimate of drug-likeness (QED) is 0.805. The number of benzene rings is 1. The summed E-state index contributed by atoms with van der Waals surface area (Å²) in [6, 6.07) is 6.51. The summed E-state index contributed by atoms with van der Waals surface area (Å²) in [5, 5.41) is 2.23. The van der Waals surface area contributed by atoms with Gasteiger partial charge in [-0.15, -0.1) is 0 Å². The highest BCUT2D eigenvalue weighted by atomic mass is 35.5. The van der Waals surface area contributed by atoms with Crippen molar-refractivity contribution in [1.29, 1.82) is 0 Å². The Balaban J connectivity index is 1.55. The lowest BCUT2D eigenvalue weighted by atomic mass is 10.1. The van der Waals surface area contributed by atoms with Crippen molar-refractivity contribution in [3.8, 4) is 0 Å². The van der Waals surface area contributed by atoms with Gasteiger partial charge >= 0.3 is 6.18 Å². The van der Waals surface area contributed by atoms with Crippen LogP contribution < -0.4 is 5.32 Å². The van der Waals surface area contributed by atoms with E-state index in [0.29, 0.717) is 31.9 Å². The van der Waals surface area contributed by atoms with Gasteiger partial charge in [0, 0.05) is 31.2 Å². The number of rotatable bonds is 4. The predicted molar refractivity (Wildman–Crippen MR) is 101 cm³/mol. The van der Waals surface area contributed by atoms with Gasteiger partial charge in [0.25, 0.3) is 5.91 Å². The monoisotopic (exact) mass is 429 g/mol. The number of carbonyl (C=O) groups excluding carboxylic acids is 2. The molecule has 0 spiro atoms. The molecule has 3 rings (SSSR count). The molecule has 1 aliphatic rings. The first-order chi connectivity index (χ1) is 13.6. The molecule has 2 amide bonds. The molecule has 29 heavy (non-hydrogen) atoms. The number of hydrogen-bond acceptors (Lipinski definition) is 4. The van der Waals surface area contributed by atoms with Gasteiger partial charge in [-0.3, -0.25) is 14.5 Å². The largest absolute Gasteiger partial charge is 0.456 e. The summed E-state index contributed by atoms with van der Waals surface area (Å²) in [4.78, 5) is 28.0. The topological polar surface area (TPSA) is 65.8 Å². The van der Waals surface area contributed by atoms with E-state index in [1.165, 1.54) is 6.07 Å². The molecule has 0 aliphatic carbocycles. The second-order valence-corrected chi connectivity index (χ2v) is 7.15. The van der Waals surface area contributed by atoms with Gasteiger partial charge in [-0.25, -0.2) is 0 Å². The van der Waals surface area contributed by atoms with Crippen LogP contribution in [-0.4, -0.2) is 54.3 Å². The number of aryl methyl sites for hydroxylation is 1. The number of furan rings is 1. The van der Waals surface area contributed by atoms with Crippen molar-refractivity contribution in [2.24, 2.45) is 0 Å². The molecule has 0 atom stereocenters. The molecular formula is C19H19ClF3N3O3. The SMILES string of the molecule is Cc1ccc(C(=O)N2CCN(CC(=O)Nc3ccc(Cl)cc3C(F)(F)F)CC2)o1. The fraction of sp³-hybridized carbons (Fsp3) is 0.368. The Morgan fingerprint density at radius 2 is 1.83 bits per heavy atom. The Morgan fingerprint density at radius 1 is 1.14 bits per heavy atom. The minimum atomic E-state index is -4.64. The minimum Gasteiger partial charge on any atom is -0.456 e. The smallest absolute Gasteiger partial charge is 0.418 e. The highest BCUT2D eigenvalue weighted by molar-refractivity contribution is 6.30. The van der Waals surface area contributed by atoms with Crippen LogP contribution in [0.25, 0.3) is 0 Å². The Morgan fingerprint density at radius 3 is 2.41 bits per heavy atom. The van der Waals surface area contributed by atoms with Gasteiger partial charge in [-0.2, -0.15) is 13.2 Å². The standard InChI is InChI=1S/C19H19ClF3N3O3/c1-12-2-5-16(29-12)18(28)26-8-6-25(7-9-26)11-17(27)24-15-4-3-13(20)10-14(15)19(21,22)23/h2-5,10H,6-9,11H2,1H3,(H,24,27). The summed E-state index contributed by atoms with van der Waals surface area (Å²) in [7, 11) is 0. The number of nitrogens with one attached hydrogen (secondary N) is 1. The molecule has 10 heteroatoms. The van der Waals surface area contributed by atoms with Gasteiger partial charge in [0.1, 0.15) is 5.76 Å². The van der Waals surface area contributed by atoms with Gasteiger partial charge in [-0.1, -0.05) is 11.6 Å². The number of amides is 2. The maximum atomic E-state index is 13.1. The maximum Gasteiger partial charge on any atom is 0.418 e. The summed E-state index contributed by atoms with van der Waals surface area (Å²) in [6.45, 7) is 3.29. The van der Waals surface area contributed by atoms with E-state index >= 15 is 0 Å². The second kappa shape index (κ2) is 8.46. The van der Waals surface area contributed by atoms with Gasteiger partial charge < -0.3 is 14.6 Å². The fourth-order valence-electron chi connectivity index (χ4n) is 3.07. The van der Waals surface area contributed by atoms with Crippen LogP contribution in [0.15, 0.2) is 34.7 Å². The summed E-state index contributed by atoms with van der Waals surface area (Å²) >= 11 is 5.64. The van der Waals surface area contributed by atoms with E-state index in [9.17, 15) is 22.8 Å². The number of carbonyl (C=O) groups is 2. The second-order valence-electron chi connectivity index (χ2n) is 6.71. The first-order valence-corrected chi connectivity index (χ1v) is 9.26. The zero-order valence-corrected chi connectivity index (χ0v) is 16.3. The average molecular weight is 430 g/mol. The van der Waals surface area contributed by atoms with Crippen molar-refractivity contribution in [1.82, 2.24) is 9.80 Å². The van der Waals surface area contributed by atoms with Crippen molar-refractivity contribution in [2.75, 3.05) is 38.0 Å². The van der Waals surface area contributed by atoms with Gasteiger partial charge in [-0.05, 0) is 37.3 Å². The average Bonchev–Trinajstić information content (AvgIpc) is 3.09. The predicted octanol–water partition coefficient (Wildman–Crippen LogP) is 3.66. The normalized spacial score (nSPS) is 15.4. The van der Waals surface area contributed by atoms with E-state index in [0.717, 1.165) is 12.1 Å². The van der Waals surface area contributed by atoms with Crippen molar-refractivity contribution in [3.05, 3.63) is 52.4 Å². The highest BCUT2D eigenvalue weighted by Crippen LogP contribution is 2.36. The van der Waals surface area contributed by atoms with Gasteiger partial charge in [0.05, 0.1) is 17.8 Å². The molecule has 0 bridgehead atoms. The molecule has 1 fully saturated rings. The molecule has 2 aromatic rings. The van der Waals surface area contributed by atoms with Crippen LogP contribution in [0.1, 0.15) is 21.9 Å². The van der Waals surface area contributed by atoms with E-state index in [-0.39, 0.29) is 28.9 Å². The molecule has 1 aromatic carbocycles. The van der Waals surface area contributed by atoms with Crippen molar-refractivity contribution < 1.29 is 27.2 Å². The van der Waals surface area contributed by atoms with Crippen LogP contribution >= 0.6 is 11.6 Å². The lowest BCUT2D eigenvalue weighted by molar-refractivity contribution is -0.137. The number of nitrogens with zero attached hydrogens (tertiary/aromatic N) is 2. The highest BCUT2D eigenvalue weighted by Gasteiger charge is 2.34. The third kappa shape index (κ3) is 5.30. The van der Waals surface area contributed by atoms with E-state index in [2.05, 4.69) is 5.32 Å². The molecule has 2 heterocycles. The van der Waals surface area contributed by atoms with E-state index in [1.54, 1.807) is 28.9 Å². The minimum absolute atomic E-state index is 0.0668. The summed E-state index contributed by atoms with van der Waals surface area (Å²) in [6.07, 6.45) is -4.64. The number of alkyl halides is 3. The number of halogens is 4. The Bertz CT molecular complexity index is 906. The van der Waals surface area contributed by atoms with E-state index in [1.807, 2.05) is 0 Å². The molecule has 156 valence electrons. The van der Waals surface area contributed by atoms with Crippen molar-refractivity contribution in [2.45, 2.75) is 13.1 Å². The zero-order chi connectivity index (χ0) is 21.2. The van der Waals surface area contributed by atoms with Crippen molar-refractivity contribution in [3.63, 3.8) is 0 Å². The molecule has 0 radical (unpaired) electrons. The molecule has 1 aromatic heterocycles. The van der Waals surface area contributed by atoms with Gasteiger partial charge in [0.15, 0.2) is 5.76 Å². The first-order valence-electron chi connectivity index (χ1n) is 8.88. The third-order valence-electron chi connectivity index (χ3n) is 4.54. The number of piperazine rings is 1.